The maximum absolute atomic E-state index is 12.1. The van der Waals surface area contributed by atoms with Gasteiger partial charge in [0.15, 0.2) is 5.16 Å². The third-order valence-corrected chi connectivity index (χ3v) is 5.18. The van der Waals surface area contributed by atoms with Gasteiger partial charge in [0.05, 0.1) is 11.4 Å². The molecule has 6 heteroatoms. The normalized spacial score (nSPS) is 11.1. The van der Waals surface area contributed by atoms with Crippen molar-refractivity contribution >= 4 is 29.3 Å². The smallest absolute Gasteiger partial charge is 0.230 e. The molecule has 0 aliphatic heterocycles. The molecule has 0 fully saturated rings. The number of imidazole rings is 1. The number of hydrogen-bond acceptors (Lipinski definition) is 3. The molecule has 136 valence electrons. The highest BCUT2D eigenvalue weighted by Gasteiger charge is 2.14. The zero-order valence-corrected chi connectivity index (χ0v) is 16.9. The minimum Gasteiger partial charge on any atom is -0.355 e. The van der Waals surface area contributed by atoms with Gasteiger partial charge in [0.2, 0.25) is 5.91 Å². The Bertz CT molecular complexity index is 710. The van der Waals surface area contributed by atoms with Crippen molar-refractivity contribution in [3.63, 3.8) is 0 Å². The van der Waals surface area contributed by atoms with Gasteiger partial charge >= 0.3 is 0 Å². The first-order valence-corrected chi connectivity index (χ1v) is 9.91. The summed E-state index contributed by atoms with van der Waals surface area (Å²) in [7, 11) is 0. The predicted octanol–water partition coefficient (Wildman–Crippen LogP) is 4.26. The molecule has 0 aliphatic rings. The van der Waals surface area contributed by atoms with Gasteiger partial charge in [-0.2, -0.15) is 0 Å². The summed E-state index contributed by atoms with van der Waals surface area (Å²) in [5.41, 5.74) is 3.38. The van der Waals surface area contributed by atoms with Crippen molar-refractivity contribution < 1.29 is 4.79 Å². The lowest BCUT2D eigenvalue weighted by molar-refractivity contribution is -0.118. The van der Waals surface area contributed by atoms with Gasteiger partial charge in [0.25, 0.3) is 0 Å². The lowest BCUT2D eigenvalue weighted by Crippen LogP contribution is -2.27. The number of nitrogens with zero attached hydrogens (tertiary/aromatic N) is 2. The van der Waals surface area contributed by atoms with Gasteiger partial charge < -0.3 is 9.88 Å². The Kier molecular flexibility index (Phi) is 7.38. The zero-order chi connectivity index (χ0) is 18.4. The van der Waals surface area contributed by atoms with E-state index in [1.54, 1.807) is 0 Å². The largest absolute Gasteiger partial charge is 0.355 e. The standard InChI is InChI=1S/C19H26ClN3OS/c1-13(2)11-23-15(4)14(3)22-19(23)25-12-18(24)21-10-9-16-5-7-17(20)8-6-16/h5-8,13H,9-12H2,1-4H3,(H,21,24). The quantitative estimate of drug-likeness (QED) is 0.697. The van der Waals surface area contributed by atoms with Crippen LogP contribution in [-0.4, -0.2) is 27.8 Å². The number of aryl methyl sites for hydroxylation is 1. The molecule has 0 aliphatic carbocycles. The van der Waals surface area contributed by atoms with E-state index in [-0.39, 0.29) is 5.91 Å². The molecule has 0 saturated carbocycles. The fraction of sp³-hybridized carbons (Fsp3) is 0.474. The Balaban J connectivity index is 1.81. The number of thioether (sulfide) groups is 1. The number of benzene rings is 1. The number of rotatable bonds is 8. The van der Waals surface area contributed by atoms with Crippen molar-refractivity contribution in [1.82, 2.24) is 14.9 Å². The second-order valence-corrected chi connectivity index (χ2v) is 7.96. The number of nitrogens with one attached hydrogen (secondary N) is 1. The second kappa shape index (κ2) is 9.30. The van der Waals surface area contributed by atoms with Crippen molar-refractivity contribution in [3.05, 3.63) is 46.2 Å². The molecule has 1 N–H and O–H groups in total. The van der Waals surface area contributed by atoms with Crippen LogP contribution in [0.25, 0.3) is 0 Å². The molecule has 0 saturated heterocycles. The lowest BCUT2D eigenvalue weighted by atomic mass is 10.1. The summed E-state index contributed by atoms with van der Waals surface area (Å²) in [6, 6.07) is 7.70. The van der Waals surface area contributed by atoms with Crippen LogP contribution in [0.5, 0.6) is 0 Å². The first-order valence-electron chi connectivity index (χ1n) is 8.54. The van der Waals surface area contributed by atoms with E-state index in [0.717, 1.165) is 34.4 Å². The lowest BCUT2D eigenvalue weighted by Gasteiger charge is -2.12. The molecule has 0 bridgehead atoms. The highest BCUT2D eigenvalue weighted by atomic mass is 35.5. The maximum atomic E-state index is 12.1. The highest BCUT2D eigenvalue weighted by Crippen LogP contribution is 2.22. The van der Waals surface area contributed by atoms with Crippen LogP contribution in [0.1, 0.15) is 30.8 Å². The van der Waals surface area contributed by atoms with Crippen LogP contribution in [-0.2, 0) is 17.8 Å². The minimum atomic E-state index is 0.0355. The van der Waals surface area contributed by atoms with Crippen molar-refractivity contribution in [2.45, 2.75) is 45.8 Å². The molecule has 4 nitrogen and oxygen atoms in total. The Hall–Kier alpha value is -1.46. The summed E-state index contributed by atoms with van der Waals surface area (Å²) in [5, 5.41) is 4.62. The molecule has 0 unspecified atom stereocenters. The Morgan fingerprint density at radius 1 is 1.28 bits per heavy atom. The van der Waals surface area contributed by atoms with E-state index >= 15 is 0 Å². The monoisotopic (exact) mass is 379 g/mol. The number of aromatic nitrogens is 2. The maximum Gasteiger partial charge on any atom is 0.230 e. The van der Waals surface area contributed by atoms with Gasteiger partial charge in [-0.05, 0) is 43.9 Å². The third-order valence-electron chi connectivity index (χ3n) is 3.95. The molecule has 2 rings (SSSR count). The first-order chi connectivity index (χ1) is 11.9. The van der Waals surface area contributed by atoms with Gasteiger partial charge in [-0.15, -0.1) is 0 Å². The van der Waals surface area contributed by atoms with E-state index in [0.29, 0.717) is 18.2 Å². The summed E-state index contributed by atoms with van der Waals surface area (Å²) in [6.45, 7) is 10.0. The molecule has 1 aromatic heterocycles. The van der Waals surface area contributed by atoms with Crippen LogP contribution >= 0.6 is 23.4 Å². The molecule has 1 heterocycles. The van der Waals surface area contributed by atoms with Gasteiger partial charge in [-0.3, -0.25) is 4.79 Å². The fourth-order valence-electron chi connectivity index (χ4n) is 2.49. The van der Waals surface area contributed by atoms with E-state index < -0.39 is 0 Å². The van der Waals surface area contributed by atoms with E-state index in [1.165, 1.54) is 17.5 Å². The van der Waals surface area contributed by atoms with Crippen LogP contribution in [0.4, 0.5) is 0 Å². The molecular formula is C19H26ClN3OS. The van der Waals surface area contributed by atoms with E-state index in [9.17, 15) is 4.79 Å². The molecule has 2 aromatic rings. The minimum absolute atomic E-state index is 0.0355. The van der Waals surface area contributed by atoms with E-state index in [4.69, 9.17) is 11.6 Å². The molecule has 0 spiro atoms. The summed E-state index contributed by atoms with van der Waals surface area (Å²) >= 11 is 7.37. The van der Waals surface area contributed by atoms with Gasteiger partial charge in [0, 0.05) is 23.8 Å². The summed E-state index contributed by atoms with van der Waals surface area (Å²) in [6.07, 6.45) is 0.799. The summed E-state index contributed by atoms with van der Waals surface area (Å²) in [4.78, 5) is 16.7. The van der Waals surface area contributed by atoms with Crippen molar-refractivity contribution in [2.75, 3.05) is 12.3 Å². The molecule has 0 radical (unpaired) electrons. The summed E-state index contributed by atoms with van der Waals surface area (Å²) in [5.74, 6) is 0.961. The van der Waals surface area contributed by atoms with Crippen molar-refractivity contribution in [1.29, 1.82) is 0 Å². The topological polar surface area (TPSA) is 46.9 Å². The van der Waals surface area contributed by atoms with E-state index in [1.807, 2.05) is 31.2 Å². The van der Waals surface area contributed by atoms with Crippen LogP contribution in [0, 0.1) is 19.8 Å². The Morgan fingerprint density at radius 3 is 2.60 bits per heavy atom. The second-order valence-electron chi connectivity index (χ2n) is 6.58. The van der Waals surface area contributed by atoms with Crippen LogP contribution < -0.4 is 5.32 Å². The fourth-order valence-corrected chi connectivity index (χ4v) is 3.55. The highest BCUT2D eigenvalue weighted by molar-refractivity contribution is 7.99. The average Bonchev–Trinajstić information content (AvgIpc) is 2.82. The third kappa shape index (κ3) is 6.08. The zero-order valence-electron chi connectivity index (χ0n) is 15.3. The van der Waals surface area contributed by atoms with E-state index in [2.05, 4.69) is 35.6 Å². The number of carbonyl (C=O) groups is 1. The van der Waals surface area contributed by atoms with Crippen LogP contribution in [0.15, 0.2) is 29.4 Å². The Morgan fingerprint density at radius 2 is 1.96 bits per heavy atom. The van der Waals surface area contributed by atoms with Crippen molar-refractivity contribution in [3.8, 4) is 0 Å². The predicted molar refractivity (Wildman–Crippen MR) is 105 cm³/mol. The van der Waals surface area contributed by atoms with Gasteiger partial charge in [0.1, 0.15) is 0 Å². The number of hydrogen-bond donors (Lipinski definition) is 1. The molecule has 1 aromatic carbocycles. The van der Waals surface area contributed by atoms with Crippen molar-refractivity contribution in [2.24, 2.45) is 5.92 Å². The van der Waals surface area contributed by atoms with Crippen LogP contribution in [0.2, 0.25) is 5.02 Å². The van der Waals surface area contributed by atoms with Crippen LogP contribution in [0.3, 0.4) is 0 Å². The van der Waals surface area contributed by atoms with Gasteiger partial charge in [-0.25, -0.2) is 4.98 Å². The SMILES string of the molecule is Cc1nc(SCC(=O)NCCc2ccc(Cl)cc2)n(CC(C)C)c1C. The number of carbonyl (C=O) groups excluding carboxylic acids is 1. The van der Waals surface area contributed by atoms with Gasteiger partial charge in [-0.1, -0.05) is 49.3 Å². The molecule has 0 atom stereocenters. The molecular weight excluding hydrogens is 354 g/mol. The Labute approximate surface area is 159 Å². The average molecular weight is 380 g/mol. The molecule has 1 amide bonds. The molecule has 25 heavy (non-hydrogen) atoms. The first kappa shape index (κ1) is 19.9. The number of amides is 1. The summed E-state index contributed by atoms with van der Waals surface area (Å²) < 4.78 is 2.21. The number of halogens is 1.